The summed E-state index contributed by atoms with van der Waals surface area (Å²) in [7, 11) is 2.05. The molecule has 0 amide bonds. The van der Waals surface area contributed by atoms with Gasteiger partial charge in [0.05, 0.1) is 5.69 Å². The van der Waals surface area contributed by atoms with Crippen LogP contribution in [0.4, 0.5) is 0 Å². The van der Waals surface area contributed by atoms with Gasteiger partial charge in [0, 0.05) is 19.7 Å². The Kier molecular flexibility index (Phi) is 9.60. The van der Waals surface area contributed by atoms with Gasteiger partial charge < -0.3 is 9.67 Å². The first-order chi connectivity index (χ1) is 10.6. The number of carbonyl (C=O) groups is 1. The summed E-state index contributed by atoms with van der Waals surface area (Å²) in [5.74, 6) is 0.430. The zero-order valence-electron chi connectivity index (χ0n) is 14.3. The molecule has 0 aliphatic heterocycles. The minimum absolute atomic E-state index is 0.329. The molecule has 1 aromatic rings. The zero-order chi connectivity index (χ0) is 16.2. The maximum atomic E-state index is 10.4. The van der Waals surface area contributed by atoms with Crippen LogP contribution in [-0.2, 0) is 18.3 Å². The van der Waals surface area contributed by atoms with E-state index in [9.17, 15) is 4.79 Å². The summed E-state index contributed by atoms with van der Waals surface area (Å²) in [6.07, 6.45) is 15.7. The molecule has 0 unspecified atom stereocenters. The SMILES string of the molecule is Cc1nc(CCCCCCCCCCCCC(=O)O)cn1C. The maximum absolute atomic E-state index is 10.4. The van der Waals surface area contributed by atoms with Crippen LogP contribution in [0.25, 0.3) is 0 Å². The molecule has 1 rings (SSSR count). The number of imidazole rings is 1. The van der Waals surface area contributed by atoms with E-state index in [1.165, 1.54) is 57.1 Å². The van der Waals surface area contributed by atoms with E-state index in [2.05, 4.69) is 15.7 Å². The highest BCUT2D eigenvalue weighted by Crippen LogP contribution is 2.12. The normalized spacial score (nSPS) is 11.0. The van der Waals surface area contributed by atoms with Crippen molar-refractivity contribution < 1.29 is 9.90 Å². The predicted octanol–water partition coefficient (Wildman–Crippen LogP) is 4.65. The van der Waals surface area contributed by atoms with E-state index < -0.39 is 5.97 Å². The average molecular weight is 308 g/mol. The van der Waals surface area contributed by atoms with Gasteiger partial charge in [-0.05, 0) is 26.2 Å². The van der Waals surface area contributed by atoms with Crippen LogP contribution < -0.4 is 0 Å². The van der Waals surface area contributed by atoms with Crippen LogP contribution in [0, 0.1) is 6.92 Å². The fraction of sp³-hybridized carbons (Fsp3) is 0.778. The lowest BCUT2D eigenvalue weighted by atomic mass is 10.0. The van der Waals surface area contributed by atoms with Crippen LogP contribution in [0.5, 0.6) is 0 Å². The van der Waals surface area contributed by atoms with Crippen molar-refractivity contribution in [2.75, 3.05) is 0 Å². The Morgan fingerprint density at radius 2 is 1.50 bits per heavy atom. The first-order valence-electron chi connectivity index (χ1n) is 8.80. The van der Waals surface area contributed by atoms with Crippen LogP contribution in [0.1, 0.15) is 82.1 Å². The van der Waals surface area contributed by atoms with Crippen molar-refractivity contribution in [1.29, 1.82) is 0 Å². The summed E-state index contributed by atoms with van der Waals surface area (Å²) in [6.45, 7) is 2.05. The molecule has 126 valence electrons. The maximum Gasteiger partial charge on any atom is 0.303 e. The average Bonchev–Trinajstić information content (AvgIpc) is 2.78. The van der Waals surface area contributed by atoms with Gasteiger partial charge >= 0.3 is 5.97 Å². The van der Waals surface area contributed by atoms with Gasteiger partial charge in [-0.25, -0.2) is 4.98 Å². The van der Waals surface area contributed by atoms with Gasteiger partial charge in [-0.15, -0.1) is 0 Å². The first-order valence-corrected chi connectivity index (χ1v) is 8.80. The smallest absolute Gasteiger partial charge is 0.303 e. The van der Waals surface area contributed by atoms with E-state index in [4.69, 9.17) is 5.11 Å². The van der Waals surface area contributed by atoms with E-state index in [0.717, 1.165) is 25.1 Å². The van der Waals surface area contributed by atoms with Crippen LogP contribution in [0.3, 0.4) is 0 Å². The topological polar surface area (TPSA) is 55.1 Å². The van der Waals surface area contributed by atoms with Crippen molar-refractivity contribution in [3.63, 3.8) is 0 Å². The first kappa shape index (κ1) is 18.7. The quantitative estimate of drug-likeness (QED) is 0.540. The molecular formula is C18H32N2O2. The number of carboxylic acids is 1. The molecule has 0 saturated carbocycles. The third-order valence-electron chi connectivity index (χ3n) is 4.23. The molecule has 0 atom stereocenters. The highest BCUT2D eigenvalue weighted by atomic mass is 16.4. The molecule has 22 heavy (non-hydrogen) atoms. The van der Waals surface area contributed by atoms with E-state index in [-0.39, 0.29) is 0 Å². The molecule has 0 fully saturated rings. The van der Waals surface area contributed by atoms with Crippen LogP contribution in [0.15, 0.2) is 6.20 Å². The van der Waals surface area contributed by atoms with E-state index in [0.29, 0.717) is 6.42 Å². The summed E-state index contributed by atoms with van der Waals surface area (Å²) >= 11 is 0. The van der Waals surface area contributed by atoms with Crippen molar-refractivity contribution in [2.24, 2.45) is 7.05 Å². The monoisotopic (exact) mass is 308 g/mol. The Labute approximate surface area is 135 Å². The second-order valence-corrected chi connectivity index (χ2v) is 6.32. The molecule has 1 aromatic heterocycles. The molecule has 4 nitrogen and oxygen atoms in total. The minimum Gasteiger partial charge on any atom is -0.481 e. The summed E-state index contributed by atoms with van der Waals surface area (Å²) in [6, 6.07) is 0. The van der Waals surface area contributed by atoms with Crippen molar-refractivity contribution in [1.82, 2.24) is 9.55 Å². The molecule has 0 saturated heterocycles. The minimum atomic E-state index is -0.666. The summed E-state index contributed by atoms with van der Waals surface area (Å²) < 4.78 is 2.09. The molecule has 4 heteroatoms. The molecular weight excluding hydrogens is 276 g/mol. The van der Waals surface area contributed by atoms with Gasteiger partial charge in [-0.2, -0.15) is 0 Å². The number of aromatic nitrogens is 2. The Hall–Kier alpha value is -1.32. The number of hydrogen-bond donors (Lipinski definition) is 1. The third-order valence-corrected chi connectivity index (χ3v) is 4.23. The second-order valence-electron chi connectivity index (χ2n) is 6.32. The highest BCUT2D eigenvalue weighted by molar-refractivity contribution is 5.66. The number of carboxylic acid groups (broad SMARTS) is 1. The summed E-state index contributed by atoms with van der Waals surface area (Å²) in [4.78, 5) is 14.9. The highest BCUT2D eigenvalue weighted by Gasteiger charge is 2.01. The Balaban J connectivity index is 1.83. The Morgan fingerprint density at radius 3 is 1.95 bits per heavy atom. The summed E-state index contributed by atoms with van der Waals surface area (Å²) in [5.41, 5.74) is 1.22. The fourth-order valence-electron chi connectivity index (χ4n) is 2.75. The Bertz CT molecular complexity index is 407. The Morgan fingerprint density at radius 1 is 1.00 bits per heavy atom. The fourth-order valence-corrected chi connectivity index (χ4v) is 2.75. The van der Waals surface area contributed by atoms with E-state index in [1.807, 2.05) is 14.0 Å². The molecule has 0 aromatic carbocycles. The predicted molar refractivity (Wildman–Crippen MR) is 90.1 cm³/mol. The lowest BCUT2D eigenvalue weighted by molar-refractivity contribution is -0.137. The molecule has 1 N–H and O–H groups in total. The largest absolute Gasteiger partial charge is 0.481 e. The standard InChI is InChI=1S/C18H32N2O2/c1-16-19-17(15-20(16)2)13-11-9-7-5-3-4-6-8-10-12-14-18(21)22/h15H,3-14H2,1-2H3,(H,21,22). The summed E-state index contributed by atoms with van der Waals surface area (Å²) in [5, 5.41) is 8.54. The van der Waals surface area contributed by atoms with Gasteiger partial charge in [-0.3, -0.25) is 4.79 Å². The van der Waals surface area contributed by atoms with Gasteiger partial charge in [0.2, 0.25) is 0 Å². The van der Waals surface area contributed by atoms with Crippen molar-refractivity contribution in [3.8, 4) is 0 Å². The van der Waals surface area contributed by atoms with Crippen molar-refractivity contribution in [3.05, 3.63) is 17.7 Å². The lowest BCUT2D eigenvalue weighted by Crippen LogP contribution is -1.93. The molecule has 1 heterocycles. The van der Waals surface area contributed by atoms with Crippen molar-refractivity contribution in [2.45, 2.75) is 84.0 Å². The van der Waals surface area contributed by atoms with Gasteiger partial charge in [0.15, 0.2) is 0 Å². The molecule has 0 aliphatic rings. The number of unbranched alkanes of at least 4 members (excludes halogenated alkanes) is 9. The van der Waals surface area contributed by atoms with Crippen LogP contribution in [-0.4, -0.2) is 20.6 Å². The lowest BCUT2D eigenvalue weighted by Gasteiger charge is -2.02. The number of hydrogen-bond acceptors (Lipinski definition) is 2. The molecule has 0 spiro atoms. The van der Waals surface area contributed by atoms with Crippen molar-refractivity contribution >= 4 is 5.97 Å². The molecule has 0 bridgehead atoms. The van der Waals surface area contributed by atoms with Crippen LogP contribution in [0.2, 0.25) is 0 Å². The van der Waals surface area contributed by atoms with E-state index >= 15 is 0 Å². The third kappa shape index (κ3) is 8.85. The number of nitrogens with zero attached hydrogens (tertiary/aromatic N) is 2. The molecule has 0 radical (unpaired) electrons. The number of aliphatic carboxylic acids is 1. The second kappa shape index (κ2) is 11.3. The van der Waals surface area contributed by atoms with E-state index in [1.54, 1.807) is 0 Å². The van der Waals surface area contributed by atoms with Gasteiger partial charge in [0.1, 0.15) is 5.82 Å². The van der Waals surface area contributed by atoms with Crippen LogP contribution >= 0.6 is 0 Å². The molecule has 0 aliphatic carbocycles. The number of rotatable bonds is 13. The zero-order valence-corrected chi connectivity index (χ0v) is 14.3. The number of aryl methyl sites for hydroxylation is 3. The van der Waals surface area contributed by atoms with Gasteiger partial charge in [-0.1, -0.05) is 51.4 Å². The van der Waals surface area contributed by atoms with Gasteiger partial charge in [0.25, 0.3) is 0 Å².